The summed E-state index contributed by atoms with van der Waals surface area (Å²) < 4.78 is 43.9. The summed E-state index contributed by atoms with van der Waals surface area (Å²) in [6.45, 7) is 4.81. The third-order valence-electron chi connectivity index (χ3n) is 7.33. The number of hydrogen-bond acceptors (Lipinski definition) is 4. The summed E-state index contributed by atoms with van der Waals surface area (Å²) in [5.74, 6) is -2.55. The van der Waals surface area contributed by atoms with Crippen molar-refractivity contribution in [1.82, 2.24) is 14.7 Å². The fraction of sp³-hybridized carbons (Fsp3) is 0.556. The van der Waals surface area contributed by atoms with Gasteiger partial charge in [-0.05, 0) is 63.6 Å². The zero-order valence-electron chi connectivity index (χ0n) is 22.1. The van der Waals surface area contributed by atoms with Gasteiger partial charge in [-0.3, -0.25) is 19.1 Å². The van der Waals surface area contributed by atoms with Crippen LogP contribution in [0.4, 0.5) is 13.2 Å². The second kappa shape index (κ2) is 12.3. The van der Waals surface area contributed by atoms with Gasteiger partial charge in [-0.1, -0.05) is 43.0 Å². The average molecular weight is 590 g/mol. The highest BCUT2D eigenvalue weighted by atomic mass is 35.5. The van der Waals surface area contributed by atoms with Crippen LogP contribution in [0.15, 0.2) is 18.3 Å². The third-order valence-corrected chi connectivity index (χ3v) is 7.93. The van der Waals surface area contributed by atoms with Gasteiger partial charge in [0.15, 0.2) is 11.5 Å². The number of unbranched alkanes of at least 4 members (excludes halogenated alkanes) is 2. The number of aromatic nitrogens is 2. The topological polar surface area (TPSA) is 92.5 Å². The molecule has 1 fully saturated rings. The van der Waals surface area contributed by atoms with Gasteiger partial charge in [0.05, 0.1) is 45.4 Å². The van der Waals surface area contributed by atoms with E-state index in [2.05, 4.69) is 5.10 Å². The van der Waals surface area contributed by atoms with E-state index in [1.807, 2.05) is 6.92 Å². The van der Waals surface area contributed by atoms with Crippen molar-refractivity contribution < 1.29 is 32.7 Å². The number of alkyl halides is 3. The molecule has 0 spiro atoms. The lowest BCUT2D eigenvalue weighted by atomic mass is 9.74. The molecule has 1 saturated carbocycles. The van der Waals surface area contributed by atoms with Gasteiger partial charge in [0.1, 0.15) is 0 Å². The van der Waals surface area contributed by atoms with Gasteiger partial charge in [0, 0.05) is 6.54 Å². The van der Waals surface area contributed by atoms with E-state index in [0.717, 1.165) is 27.8 Å². The van der Waals surface area contributed by atoms with Crippen LogP contribution in [0, 0.1) is 12.3 Å². The Morgan fingerprint density at radius 1 is 1.15 bits per heavy atom. The molecule has 0 unspecified atom stereocenters. The number of aryl methyl sites for hydroxylation is 1. The number of ketones is 1. The molecule has 39 heavy (non-hydrogen) atoms. The number of carbonyl (C=O) groups is 3. The smallest absolute Gasteiger partial charge is 0.433 e. The lowest BCUT2D eigenvalue weighted by molar-refractivity contribution is -0.152. The number of carbonyl (C=O) groups excluding carboxylic acids is 2. The van der Waals surface area contributed by atoms with Crippen molar-refractivity contribution in [2.24, 2.45) is 5.41 Å². The molecule has 0 saturated heterocycles. The molecule has 3 rings (SSSR count). The van der Waals surface area contributed by atoms with Crippen molar-refractivity contribution in [3.63, 3.8) is 0 Å². The van der Waals surface area contributed by atoms with Crippen molar-refractivity contribution in [1.29, 1.82) is 0 Å². The Kier molecular flexibility index (Phi) is 9.75. The van der Waals surface area contributed by atoms with Gasteiger partial charge in [-0.15, -0.1) is 0 Å². The molecule has 1 aromatic carbocycles. The second-order valence-electron chi connectivity index (χ2n) is 10.4. The first-order valence-electron chi connectivity index (χ1n) is 12.9. The fourth-order valence-electron chi connectivity index (χ4n) is 4.97. The minimum Gasteiger partial charge on any atom is -0.481 e. The summed E-state index contributed by atoms with van der Waals surface area (Å²) in [5.41, 5.74) is -2.13. The molecule has 1 amide bonds. The van der Waals surface area contributed by atoms with E-state index in [-0.39, 0.29) is 47.8 Å². The van der Waals surface area contributed by atoms with Crippen molar-refractivity contribution in [2.45, 2.75) is 77.9 Å². The van der Waals surface area contributed by atoms with Gasteiger partial charge in [0.2, 0.25) is 0 Å². The number of aliphatic carboxylic acids is 1. The number of Topliss-reactive ketones (excluding diaryl/α,β-unsaturated/α-hetero) is 1. The zero-order chi connectivity index (χ0) is 29.1. The number of rotatable bonds is 10. The van der Waals surface area contributed by atoms with E-state index in [1.165, 1.54) is 0 Å². The maximum Gasteiger partial charge on any atom is 0.433 e. The van der Waals surface area contributed by atoms with E-state index >= 15 is 0 Å². The first-order valence-corrected chi connectivity index (χ1v) is 13.6. The Bertz CT molecular complexity index is 1210. The summed E-state index contributed by atoms with van der Waals surface area (Å²) in [7, 11) is 0. The predicted octanol–water partition coefficient (Wildman–Crippen LogP) is 7.24. The van der Waals surface area contributed by atoms with Crippen LogP contribution in [0.5, 0.6) is 0 Å². The van der Waals surface area contributed by atoms with Crippen LogP contribution in [-0.2, 0) is 11.0 Å². The number of amides is 1. The van der Waals surface area contributed by atoms with Crippen molar-refractivity contribution in [3.05, 3.63) is 50.8 Å². The molecule has 0 aliphatic heterocycles. The summed E-state index contributed by atoms with van der Waals surface area (Å²) >= 11 is 12.5. The van der Waals surface area contributed by atoms with Crippen LogP contribution in [0.1, 0.15) is 96.8 Å². The predicted molar refractivity (Wildman–Crippen MR) is 141 cm³/mol. The van der Waals surface area contributed by atoms with E-state index < -0.39 is 53.1 Å². The molecule has 1 N–H and O–H groups in total. The van der Waals surface area contributed by atoms with Crippen LogP contribution in [0.3, 0.4) is 0 Å². The maximum absolute atomic E-state index is 14.4. The highest BCUT2D eigenvalue weighted by Crippen LogP contribution is 2.43. The molecule has 214 valence electrons. The highest BCUT2D eigenvalue weighted by Gasteiger charge is 2.45. The number of nitrogens with zero attached hydrogens (tertiary/aromatic N) is 3. The third kappa shape index (κ3) is 6.95. The number of hydrogen-bond donors (Lipinski definition) is 1. The van der Waals surface area contributed by atoms with E-state index in [1.54, 1.807) is 26.0 Å². The molecule has 0 bridgehead atoms. The van der Waals surface area contributed by atoms with E-state index in [4.69, 9.17) is 23.2 Å². The summed E-state index contributed by atoms with van der Waals surface area (Å²) in [6.07, 6.45) is -1.32. The van der Waals surface area contributed by atoms with Gasteiger partial charge < -0.3 is 10.0 Å². The van der Waals surface area contributed by atoms with E-state index in [0.29, 0.717) is 12.8 Å². The minimum absolute atomic E-state index is 0.00708. The van der Waals surface area contributed by atoms with E-state index in [9.17, 15) is 32.7 Å². The Labute approximate surface area is 235 Å². The zero-order valence-corrected chi connectivity index (χ0v) is 23.6. The number of carboxylic acids is 1. The van der Waals surface area contributed by atoms with Crippen LogP contribution in [-0.4, -0.2) is 50.5 Å². The lowest BCUT2D eigenvalue weighted by Crippen LogP contribution is -2.38. The average Bonchev–Trinajstić information content (AvgIpc) is 3.29. The van der Waals surface area contributed by atoms with Gasteiger partial charge in [0.25, 0.3) is 5.91 Å². The quantitative estimate of drug-likeness (QED) is 0.233. The van der Waals surface area contributed by atoms with Crippen molar-refractivity contribution in [2.75, 3.05) is 13.1 Å². The monoisotopic (exact) mass is 589 g/mol. The SMILES string of the molecule is CCCCCN(CC(=O)c1c(Cl)cc(C)cc1Cl)C(=O)c1cnn(C2CCC(C)(C(=O)O)CC2)c1C(F)(F)F. The van der Waals surface area contributed by atoms with Crippen LogP contribution in [0.25, 0.3) is 0 Å². The molecule has 1 heterocycles. The molecule has 1 aromatic heterocycles. The lowest BCUT2D eigenvalue weighted by Gasteiger charge is -2.34. The van der Waals surface area contributed by atoms with Crippen LogP contribution >= 0.6 is 23.2 Å². The largest absolute Gasteiger partial charge is 0.481 e. The van der Waals surface area contributed by atoms with Crippen molar-refractivity contribution in [3.8, 4) is 0 Å². The molecular weight excluding hydrogens is 558 g/mol. The van der Waals surface area contributed by atoms with Gasteiger partial charge in [-0.25, -0.2) is 0 Å². The molecule has 1 aliphatic carbocycles. The number of halogens is 5. The molecule has 7 nitrogen and oxygen atoms in total. The maximum atomic E-state index is 14.4. The summed E-state index contributed by atoms with van der Waals surface area (Å²) in [5, 5.41) is 13.6. The molecule has 2 aromatic rings. The van der Waals surface area contributed by atoms with Crippen molar-refractivity contribution >= 4 is 40.9 Å². The second-order valence-corrected chi connectivity index (χ2v) is 11.2. The molecule has 1 aliphatic rings. The standard InChI is InChI=1S/C27H32Cl2F3N3O4/c1-4-5-6-11-34(15-21(36)22-19(28)12-16(2)13-20(22)29)24(37)18-14-33-35(23(18)27(30,31)32)17-7-9-26(3,10-8-17)25(38)39/h12-14,17H,4-11,15H2,1-3H3,(H,38,39). The van der Waals surface area contributed by atoms with Gasteiger partial charge in [-0.2, -0.15) is 18.3 Å². The first kappa shape index (κ1) is 30.9. The Balaban J connectivity index is 1.95. The van der Waals surface area contributed by atoms with Crippen LogP contribution in [0.2, 0.25) is 10.0 Å². The Morgan fingerprint density at radius 3 is 2.26 bits per heavy atom. The summed E-state index contributed by atoms with van der Waals surface area (Å²) in [4.78, 5) is 39.4. The summed E-state index contributed by atoms with van der Waals surface area (Å²) in [6, 6.07) is 2.39. The molecule has 0 radical (unpaired) electrons. The number of carboxylic acid groups (broad SMARTS) is 1. The highest BCUT2D eigenvalue weighted by molar-refractivity contribution is 6.40. The van der Waals surface area contributed by atoms with Crippen LogP contribution < -0.4 is 0 Å². The van der Waals surface area contributed by atoms with Gasteiger partial charge >= 0.3 is 12.1 Å². The molecular formula is C27H32Cl2F3N3O4. The minimum atomic E-state index is -4.91. The first-order chi connectivity index (χ1) is 18.2. The Morgan fingerprint density at radius 2 is 1.74 bits per heavy atom. The fourth-order valence-corrected chi connectivity index (χ4v) is 5.78. The Hall–Kier alpha value is -2.59. The number of benzene rings is 1. The molecule has 0 atom stereocenters. The normalized spacial score (nSPS) is 19.6. The molecule has 12 heteroatoms.